The van der Waals surface area contributed by atoms with Gasteiger partial charge in [-0.15, -0.1) is 11.3 Å². The molecule has 0 unspecified atom stereocenters. The summed E-state index contributed by atoms with van der Waals surface area (Å²) < 4.78 is 1.23. The molecule has 0 bridgehead atoms. The van der Waals surface area contributed by atoms with E-state index in [2.05, 4.69) is 42.8 Å². The zero-order valence-electron chi connectivity index (χ0n) is 8.86. The van der Waals surface area contributed by atoms with Crippen molar-refractivity contribution in [3.8, 4) is 0 Å². The molecule has 1 fully saturated rings. The monoisotopic (exact) mass is 273 g/mol. The van der Waals surface area contributed by atoms with Gasteiger partial charge in [0.15, 0.2) is 0 Å². The predicted octanol–water partition coefficient (Wildman–Crippen LogP) is 3.59. The van der Waals surface area contributed by atoms with Crippen molar-refractivity contribution in [2.24, 2.45) is 5.73 Å². The van der Waals surface area contributed by atoms with Crippen LogP contribution in [0, 0.1) is 6.92 Å². The zero-order chi connectivity index (χ0) is 10.6. The van der Waals surface area contributed by atoms with Crippen LogP contribution in [0.4, 0.5) is 0 Å². The van der Waals surface area contributed by atoms with E-state index in [1.165, 1.54) is 27.1 Å². The van der Waals surface area contributed by atoms with Gasteiger partial charge in [0, 0.05) is 25.2 Å². The minimum Gasteiger partial charge on any atom is -0.325 e. The van der Waals surface area contributed by atoms with E-state index >= 15 is 0 Å². The summed E-state index contributed by atoms with van der Waals surface area (Å²) in [5, 5.41) is 0. The Bertz CT molecular complexity index is 338. The van der Waals surface area contributed by atoms with Crippen molar-refractivity contribution >= 4 is 27.3 Å². The summed E-state index contributed by atoms with van der Waals surface area (Å²) in [6.45, 7) is 6.43. The molecule has 0 amide bonds. The number of rotatable bonds is 2. The average Bonchev–Trinajstić information content (AvgIpc) is 2.76. The molecule has 1 saturated carbocycles. The van der Waals surface area contributed by atoms with Crippen LogP contribution in [-0.4, -0.2) is 5.54 Å². The van der Waals surface area contributed by atoms with Crippen LogP contribution in [0.5, 0.6) is 0 Å². The number of aryl methyl sites for hydroxylation is 1. The molecule has 1 aromatic rings. The van der Waals surface area contributed by atoms with Crippen LogP contribution >= 0.6 is 27.3 Å². The molecule has 0 radical (unpaired) electrons. The first-order valence-electron chi connectivity index (χ1n) is 4.92. The number of thiophene rings is 1. The highest BCUT2D eigenvalue weighted by Gasteiger charge is 2.54. The van der Waals surface area contributed by atoms with Crippen molar-refractivity contribution in [1.82, 2.24) is 0 Å². The third kappa shape index (κ3) is 1.46. The fourth-order valence-corrected chi connectivity index (χ4v) is 3.98. The van der Waals surface area contributed by atoms with Gasteiger partial charge >= 0.3 is 0 Å². The molecule has 0 aliphatic heterocycles. The molecule has 1 nitrogen and oxygen atoms in total. The molecule has 1 heterocycles. The number of hydrogen-bond donors (Lipinski definition) is 1. The van der Waals surface area contributed by atoms with Gasteiger partial charge < -0.3 is 5.73 Å². The summed E-state index contributed by atoms with van der Waals surface area (Å²) in [6.07, 6.45) is 2.48. The molecule has 2 N–H and O–H groups in total. The summed E-state index contributed by atoms with van der Waals surface area (Å²) in [5.41, 5.74) is 6.42. The van der Waals surface area contributed by atoms with E-state index in [4.69, 9.17) is 5.73 Å². The standard InChI is InChI=1S/C11H16BrNS/c1-7-8(12)6-9(14-7)11(4-5-11)10(2,3)13/h6H,4-5,13H2,1-3H3. The molecule has 3 heteroatoms. The van der Waals surface area contributed by atoms with E-state index in [-0.39, 0.29) is 11.0 Å². The van der Waals surface area contributed by atoms with Crippen molar-refractivity contribution < 1.29 is 0 Å². The summed E-state index contributed by atoms with van der Waals surface area (Å²) >= 11 is 5.46. The Morgan fingerprint density at radius 1 is 1.50 bits per heavy atom. The molecule has 78 valence electrons. The normalized spacial score (nSPS) is 19.8. The van der Waals surface area contributed by atoms with Gasteiger partial charge in [-0.3, -0.25) is 0 Å². The molecule has 0 spiro atoms. The first-order chi connectivity index (χ1) is 6.37. The van der Waals surface area contributed by atoms with Gasteiger partial charge in [-0.2, -0.15) is 0 Å². The SMILES string of the molecule is Cc1sc(C2(C(C)(C)N)CC2)cc1Br. The van der Waals surface area contributed by atoms with Gasteiger partial charge in [0.25, 0.3) is 0 Å². The first-order valence-corrected chi connectivity index (χ1v) is 6.53. The van der Waals surface area contributed by atoms with Crippen LogP contribution in [0.3, 0.4) is 0 Å². The van der Waals surface area contributed by atoms with E-state index in [1.54, 1.807) is 0 Å². The Labute approximate surface area is 97.8 Å². The lowest BCUT2D eigenvalue weighted by Gasteiger charge is -2.29. The second kappa shape index (κ2) is 3.06. The molecule has 14 heavy (non-hydrogen) atoms. The quantitative estimate of drug-likeness (QED) is 0.876. The second-order valence-corrected chi connectivity index (χ2v) is 6.93. The van der Waals surface area contributed by atoms with Gasteiger partial charge in [-0.1, -0.05) is 0 Å². The number of nitrogens with two attached hydrogens (primary N) is 1. The van der Waals surface area contributed by atoms with E-state index in [0.29, 0.717) is 0 Å². The Morgan fingerprint density at radius 3 is 2.36 bits per heavy atom. The Balaban J connectivity index is 2.41. The average molecular weight is 274 g/mol. The number of halogens is 1. The third-order valence-electron chi connectivity index (χ3n) is 3.31. The maximum absolute atomic E-state index is 6.26. The molecule has 0 atom stereocenters. The predicted molar refractivity (Wildman–Crippen MR) is 65.9 cm³/mol. The Kier molecular flexibility index (Phi) is 2.33. The van der Waals surface area contributed by atoms with Crippen molar-refractivity contribution in [3.63, 3.8) is 0 Å². The molecule has 0 aromatic carbocycles. The lowest BCUT2D eigenvalue weighted by molar-refractivity contribution is 0.397. The Morgan fingerprint density at radius 2 is 2.07 bits per heavy atom. The van der Waals surface area contributed by atoms with Crippen molar-refractivity contribution in [3.05, 3.63) is 20.3 Å². The van der Waals surface area contributed by atoms with Gasteiger partial charge in [0.05, 0.1) is 0 Å². The van der Waals surface area contributed by atoms with Gasteiger partial charge in [0.2, 0.25) is 0 Å². The van der Waals surface area contributed by atoms with Gasteiger partial charge in [-0.25, -0.2) is 0 Å². The van der Waals surface area contributed by atoms with Crippen molar-refractivity contribution in [2.45, 2.75) is 44.6 Å². The topological polar surface area (TPSA) is 26.0 Å². The Hall–Kier alpha value is 0.140. The largest absolute Gasteiger partial charge is 0.325 e. The van der Waals surface area contributed by atoms with Gasteiger partial charge in [-0.05, 0) is 55.6 Å². The number of hydrogen-bond acceptors (Lipinski definition) is 2. The summed E-state index contributed by atoms with van der Waals surface area (Å²) in [6, 6.07) is 2.25. The van der Waals surface area contributed by atoms with Crippen molar-refractivity contribution in [1.29, 1.82) is 0 Å². The third-order valence-corrected chi connectivity index (χ3v) is 5.65. The smallest absolute Gasteiger partial charge is 0.0314 e. The molecular formula is C11H16BrNS. The van der Waals surface area contributed by atoms with E-state index in [0.717, 1.165) is 0 Å². The molecule has 2 rings (SSSR count). The second-order valence-electron chi connectivity index (χ2n) is 4.82. The van der Waals surface area contributed by atoms with E-state index < -0.39 is 0 Å². The summed E-state index contributed by atoms with van der Waals surface area (Å²) in [5.74, 6) is 0. The van der Waals surface area contributed by atoms with Crippen LogP contribution in [0.1, 0.15) is 36.4 Å². The summed E-state index contributed by atoms with van der Waals surface area (Å²) in [7, 11) is 0. The molecule has 1 aromatic heterocycles. The minimum atomic E-state index is -0.0935. The molecular weight excluding hydrogens is 258 g/mol. The van der Waals surface area contributed by atoms with Crippen LogP contribution in [0.25, 0.3) is 0 Å². The maximum Gasteiger partial charge on any atom is 0.0314 e. The summed E-state index contributed by atoms with van der Waals surface area (Å²) in [4.78, 5) is 2.81. The highest BCUT2D eigenvalue weighted by molar-refractivity contribution is 9.10. The maximum atomic E-state index is 6.26. The molecule has 1 aliphatic rings. The lowest BCUT2D eigenvalue weighted by atomic mass is 9.84. The van der Waals surface area contributed by atoms with E-state index in [1.807, 2.05) is 11.3 Å². The van der Waals surface area contributed by atoms with E-state index in [9.17, 15) is 0 Å². The fourth-order valence-electron chi connectivity index (χ4n) is 2.03. The first kappa shape index (κ1) is 10.7. The lowest BCUT2D eigenvalue weighted by Crippen LogP contribution is -2.44. The zero-order valence-corrected chi connectivity index (χ0v) is 11.3. The minimum absolute atomic E-state index is 0.0935. The molecule has 1 aliphatic carbocycles. The van der Waals surface area contributed by atoms with Gasteiger partial charge in [0.1, 0.15) is 0 Å². The van der Waals surface area contributed by atoms with Crippen LogP contribution in [-0.2, 0) is 5.41 Å². The highest BCUT2D eigenvalue weighted by atomic mass is 79.9. The fraction of sp³-hybridized carbons (Fsp3) is 0.636. The highest BCUT2D eigenvalue weighted by Crippen LogP contribution is 2.57. The van der Waals surface area contributed by atoms with Crippen molar-refractivity contribution in [2.75, 3.05) is 0 Å². The van der Waals surface area contributed by atoms with Crippen LogP contribution in [0.2, 0.25) is 0 Å². The van der Waals surface area contributed by atoms with Crippen LogP contribution in [0.15, 0.2) is 10.5 Å². The molecule has 0 saturated heterocycles. The van der Waals surface area contributed by atoms with Crippen LogP contribution < -0.4 is 5.73 Å².